The van der Waals surface area contributed by atoms with E-state index in [2.05, 4.69) is 20.3 Å². The molecule has 3 aromatic carbocycles. The number of aromatic nitrogens is 3. The lowest BCUT2D eigenvalue weighted by Gasteiger charge is -2.45. The number of nitrogens with one attached hydrogen (secondary N) is 3. The number of aliphatic hydroxyl groups excluding tert-OH is 5. The quantitative estimate of drug-likeness (QED) is 0.0432. The van der Waals surface area contributed by atoms with Crippen LogP contribution in [0.3, 0.4) is 0 Å². The lowest BCUT2D eigenvalue weighted by atomic mass is 9.59. The minimum absolute atomic E-state index is 0.0348. The van der Waals surface area contributed by atoms with Gasteiger partial charge in [0, 0.05) is 77.9 Å². The number of benzene rings is 3. The Morgan fingerprint density at radius 1 is 0.944 bits per heavy atom. The molecule has 19 nitrogen and oxygen atoms in total. The lowest BCUT2D eigenvalue weighted by Crippen LogP contribution is -2.67. The van der Waals surface area contributed by atoms with Gasteiger partial charge in [-0.2, -0.15) is 0 Å². The number of fused-ring (bicyclic) bond motifs is 4. The molecule has 1 saturated carbocycles. The average Bonchev–Trinajstić information content (AvgIpc) is 4.22. The van der Waals surface area contributed by atoms with Crippen molar-refractivity contribution in [1.29, 1.82) is 0 Å². The highest BCUT2D eigenvalue weighted by atomic mass is 16.8. The van der Waals surface area contributed by atoms with Gasteiger partial charge in [-0.25, -0.2) is 9.78 Å². The van der Waals surface area contributed by atoms with Crippen LogP contribution in [0.1, 0.15) is 89.9 Å². The summed E-state index contributed by atoms with van der Waals surface area (Å²) < 4.78 is 11.1. The standard InChI is InChI=1S/C52H58N6O13/c53-39-8-4-17-50(39,30-6-2-1-3-7-30)42-28(16-19-59)23-51(49(67)68)43(42)33-21-36(62)37(70-52(69)48(66)47(65)46(64)38(25-60)71-52)22-34(33)58(51)41(63)15-11-27-10-14-35(61)32(20-27)31-13-12-29(44-45(31)57-26-56-44)24-55-40-9-5-18-54-40/h1-3,5-7,9-11,14-15,18,20-23,26,29,31,38-39,42-43,46-48,54-55,59-62,64-66,69H,4,8,12-13,16-17,19,24-25,53H2,(H,56,57)(H,67,68)/b15-11+/t29-,31-,38-,39-,42-,43+,46-,47+,48-,50+,51-,52+/m1/s1. The summed E-state index contributed by atoms with van der Waals surface area (Å²) in [6.45, 7) is -0.631. The zero-order chi connectivity index (χ0) is 50.0. The van der Waals surface area contributed by atoms with Gasteiger partial charge in [-0.15, -0.1) is 0 Å². The maximum Gasteiger partial charge on any atom is 0.355 e. The number of carboxylic acid groups (broad SMARTS) is 1. The number of hydrogen-bond acceptors (Lipinski definition) is 15. The molecule has 12 atom stereocenters. The van der Waals surface area contributed by atoms with Crippen molar-refractivity contribution >= 4 is 29.5 Å². The summed E-state index contributed by atoms with van der Waals surface area (Å²) in [5.41, 5.74) is 8.37. The number of ether oxygens (including phenoxy) is 2. The molecule has 71 heavy (non-hydrogen) atoms. The topological polar surface area (TPSA) is 320 Å². The third kappa shape index (κ3) is 7.78. The van der Waals surface area contributed by atoms with Crippen LogP contribution in [-0.4, -0.2) is 135 Å². The highest BCUT2D eigenvalue weighted by Crippen LogP contribution is 2.66. The fourth-order valence-electron chi connectivity index (χ4n) is 12.5. The predicted molar refractivity (Wildman–Crippen MR) is 256 cm³/mol. The van der Waals surface area contributed by atoms with E-state index in [1.807, 2.05) is 48.7 Å². The van der Waals surface area contributed by atoms with Crippen LogP contribution >= 0.6 is 0 Å². The molecule has 0 unspecified atom stereocenters. The summed E-state index contributed by atoms with van der Waals surface area (Å²) >= 11 is 0. The number of aliphatic carboxylic acids is 1. The average molecular weight is 975 g/mol. The van der Waals surface area contributed by atoms with Gasteiger partial charge < -0.3 is 76.5 Å². The van der Waals surface area contributed by atoms with E-state index in [1.165, 1.54) is 30.4 Å². The van der Waals surface area contributed by atoms with Crippen LogP contribution in [0.2, 0.25) is 0 Å². The molecule has 5 aliphatic rings. The van der Waals surface area contributed by atoms with Gasteiger partial charge in [-0.1, -0.05) is 48.4 Å². The van der Waals surface area contributed by atoms with E-state index in [-0.39, 0.29) is 41.9 Å². The van der Waals surface area contributed by atoms with Crippen molar-refractivity contribution < 1.29 is 65.0 Å². The Morgan fingerprint density at radius 2 is 1.75 bits per heavy atom. The zero-order valence-electron chi connectivity index (χ0n) is 38.5. The molecule has 4 heterocycles. The number of phenols is 2. The first kappa shape index (κ1) is 48.1. The molecule has 0 spiro atoms. The minimum Gasteiger partial charge on any atom is -0.508 e. The van der Waals surface area contributed by atoms with Gasteiger partial charge in [-0.05, 0) is 91.3 Å². The van der Waals surface area contributed by atoms with Crippen molar-refractivity contribution in [1.82, 2.24) is 15.0 Å². The number of aromatic hydroxyl groups is 2. The first-order valence-electron chi connectivity index (χ1n) is 23.9. The Bertz CT molecular complexity index is 2850. The van der Waals surface area contributed by atoms with E-state index in [1.54, 1.807) is 18.5 Å². The van der Waals surface area contributed by atoms with Crippen molar-refractivity contribution in [2.24, 2.45) is 11.7 Å². The van der Waals surface area contributed by atoms with E-state index < -0.39 is 89.2 Å². The van der Waals surface area contributed by atoms with Crippen LogP contribution in [-0.2, 0) is 19.7 Å². The molecule has 2 fully saturated rings. The largest absolute Gasteiger partial charge is 0.508 e. The number of nitrogens with zero attached hydrogens (tertiary/aromatic N) is 2. The monoisotopic (exact) mass is 974 g/mol. The zero-order valence-corrected chi connectivity index (χ0v) is 38.5. The molecule has 14 N–H and O–H groups in total. The molecule has 0 bridgehead atoms. The smallest absolute Gasteiger partial charge is 0.355 e. The summed E-state index contributed by atoms with van der Waals surface area (Å²) in [5.74, 6) is -7.87. The fraction of sp³-hybridized carbons (Fsp3) is 0.404. The van der Waals surface area contributed by atoms with Crippen LogP contribution in [0.15, 0.2) is 103 Å². The van der Waals surface area contributed by atoms with Crippen LogP contribution < -0.4 is 20.7 Å². The fourth-order valence-corrected chi connectivity index (χ4v) is 12.5. The minimum atomic E-state index is -3.18. The van der Waals surface area contributed by atoms with Crippen molar-refractivity contribution in [3.05, 3.63) is 137 Å². The first-order valence-corrected chi connectivity index (χ1v) is 23.9. The van der Waals surface area contributed by atoms with Crippen LogP contribution in [0, 0.1) is 5.92 Å². The Labute approximate surface area is 407 Å². The number of carbonyl (C=O) groups excluding carboxylic acids is 1. The Kier molecular flexibility index (Phi) is 12.6. The van der Waals surface area contributed by atoms with E-state index in [0.29, 0.717) is 48.9 Å². The number of imidazole rings is 1. The molecule has 374 valence electrons. The molecule has 1 saturated heterocycles. The summed E-state index contributed by atoms with van der Waals surface area (Å²) in [7, 11) is 0. The molecule has 3 aliphatic carbocycles. The van der Waals surface area contributed by atoms with Gasteiger partial charge >= 0.3 is 11.9 Å². The summed E-state index contributed by atoms with van der Waals surface area (Å²) in [6.07, 6.45) is 3.07. The number of hydrogen-bond donors (Lipinski definition) is 13. The number of amides is 1. The first-order chi connectivity index (χ1) is 34.2. The second kappa shape index (κ2) is 18.6. The lowest BCUT2D eigenvalue weighted by molar-refractivity contribution is -0.422. The van der Waals surface area contributed by atoms with Gasteiger partial charge in [0.2, 0.25) is 0 Å². The maximum atomic E-state index is 15.3. The van der Waals surface area contributed by atoms with E-state index in [4.69, 9.17) is 15.2 Å². The number of aromatic amines is 2. The highest BCUT2D eigenvalue weighted by molar-refractivity contribution is 6.13. The van der Waals surface area contributed by atoms with Crippen molar-refractivity contribution in [2.75, 3.05) is 30.0 Å². The molecule has 0 radical (unpaired) electrons. The SMILES string of the molecule is N[C@@H]1CCC[C@@]1(c1ccccc1)[C@@H]1C(CCO)=C[C@]2(C(=O)O)[C@H]1c1cc(O)c(O[C@]3(O)O[C@H](CO)[C@@H](O)[C@H](O)[C@H]3O)cc1N2C(=O)/C=C/c1ccc(O)c([C@H]2CC[C@H](CNc3ccc[nH]3)c3nc[nH]c32)c1. The molecular formula is C52H58N6O13. The Morgan fingerprint density at radius 3 is 2.45 bits per heavy atom. The summed E-state index contributed by atoms with van der Waals surface area (Å²) in [5, 5.41) is 102. The number of rotatable bonds is 14. The van der Waals surface area contributed by atoms with Crippen LogP contribution in [0.25, 0.3) is 6.08 Å². The van der Waals surface area contributed by atoms with Gasteiger partial charge in [0.05, 0.1) is 24.3 Å². The Balaban J connectivity index is 1.06. The molecule has 2 aromatic heterocycles. The normalized spacial score (nSPS) is 32.1. The van der Waals surface area contributed by atoms with Crippen LogP contribution in [0.4, 0.5) is 11.5 Å². The van der Waals surface area contributed by atoms with Gasteiger partial charge in [0.25, 0.3) is 5.91 Å². The number of anilines is 2. The molecular weight excluding hydrogens is 917 g/mol. The Hall–Kier alpha value is -6.55. The molecule has 1 amide bonds. The predicted octanol–water partition coefficient (Wildman–Crippen LogP) is 3.12. The molecule has 19 heteroatoms. The molecule has 5 aromatic rings. The van der Waals surface area contributed by atoms with Gasteiger partial charge in [0.1, 0.15) is 29.9 Å². The second-order valence-electron chi connectivity index (χ2n) is 19.4. The van der Waals surface area contributed by atoms with E-state index in [0.717, 1.165) is 40.2 Å². The van der Waals surface area contributed by atoms with Crippen molar-refractivity contribution in [3.63, 3.8) is 0 Å². The number of H-pyrrole nitrogens is 2. The number of phenolic OH excluding ortho intramolecular Hbond substituents is 2. The third-order valence-corrected chi connectivity index (χ3v) is 15.7. The van der Waals surface area contributed by atoms with Gasteiger partial charge in [-0.3, -0.25) is 9.69 Å². The molecule has 10 rings (SSSR count). The number of nitrogens with two attached hydrogens (primary N) is 1. The van der Waals surface area contributed by atoms with Crippen molar-refractivity contribution in [2.45, 2.75) is 104 Å². The number of carbonyl (C=O) groups is 2. The summed E-state index contributed by atoms with van der Waals surface area (Å²) in [6, 6.07) is 20.1. The van der Waals surface area contributed by atoms with Gasteiger partial charge in [0.15, 0.2) is 23.1 Å². The van der Waals surface area contributed by atoms with Crippen molar-refractivity contribution in [3.8, 4) is 17.2 Å². The van der Waals surface area contributed by atoms with E-state index in [9.17, 15) is 50.8 Å². The third-order valence-electron chi connectivity index (χ3n) is 15.7. The van der Waals surface area contributed by atoms with Crippen LogP contribution in [0.5, 0.6) is 17.2 Å². The van der Waals surface area contributed by atoms with E-state index >= 15 is 4.79 Å². The highest BCUT2D eigenvalue weighted by Gasteiger charge is 2.69. The second-order valence-corrected chi connectivity index (χ2v) is 19.4. The number of carboxylic acids is 1. The maximum absolute atomic E-state index is 15.3. The number of aliphatic hydroxyl groups is 6. The molecule has 2 aliphatic heterocycles. The summed E-state index contributed by atoms with van der Waals surface area (Å²) in [4.78, 5) is 41.8.